The van der Waals surface area contributed by atoms with Crippen LogP contribution in [0.3, 0.4) is 0 Å². The van der Waals surface area contributed by atoms with Crippen LogP contribution in [0.2, 0.25) is 0 Å². The molecule has 2 amide bonds. The second kappa shape index (κ2) is 8.12. The molecule has 0 aromatic heterocycles. The van der Waals surface area contributed by atoms with Crippen LogP contribution in [-0.4, -0.2) is 31.1 Å². The number of anilines is 1. The van der Waals surface area contributed by atoms with Gasteiger partial charge in [-0.3, -0.25) is 9.59 Å². The Morgan fingerprint density at radius 1 is 1.04 bits per heavy atom. The quantitative estimate of drug-likeness (QED) is 0.782. The molecule has 6 heteroatoms. The lowest BCUT2D eigenvalue weighted by Crippen LogP contribution is -2.27. The first kappa shape index (κ1) is 18.8. The first-order chi connectivity index (χ1) is 13.0. The molecule has 0 saturated heterocycles. The van der Waals surface area contributed by atoms with Crippen LogP contribution in [0.4, 0.5) is 5.69 Å². The summed E-state index contributed by atoms with van der Waals surface area (Å²) in [7, 11) is 1.53. The van der Waals surface area contributed by atoms with Crippen molar-refractivity contribution in [1.29, 1.82) is 0 Å². The lowest BCUT2D eigenvalue weighted by atomic mass is 10.1. The maximum atomic E-state index is 12.7. The van der Waals surface area contributed by atoms with E-state index in [1.54, 1.807) is 42.5 Å². The minimum atomic E-state index is -0.323. The van der Waals surface area contributed by atoms with Crippen LogP contribution in [-0.2, 0) is 0 Å². The molecule has 142 valence electrons. The highest BCUT2D eigenvalue weighted by Crippen LogP contribution is 2.29. The van der Waals surface area contributed by atoms with E-state index in [-0.39, 0.29) is 24.0 Å². The Bertz CT molecular complexity index is 844. The van der Waals surface area contributed by atoms with Crippen molar-refractivity contribution >= 4 is 17.5 Å². The fourth-order valence-electron chi connectivity index (χ4n) is 2.64. The minimum Gasteiger partial charge on any atom is -0.493 e. The summed E-state index contributed by atoms with van der Waals surface area (Å²) in [6.07, 6.45) is 2.01. The van der Waals surface area contributed by atoms with E-state index in [1.165, 1.54) is 7.11 Å². The molecule has 2 aromatic rings. The number of benzene rings is 2. The summed E-state index contributed by atoms with van der Waals surface area (Å²) in [4.78, 5) is 25.1. The Morgan fingerprint density at radius 3 is 2.44 bits per heavy atom. The predicted octanol–water partition coefficient (Wildman–Crippen LogP) is 3.63. The van der Waals surface area contributed by atoms with Gasteiger partial charge in [0.2, 0.25) is 0 Å². The summed E-state index contributed by atoms with van der Waals surface area (Å²) in [6.45, 7) is 3.84. The van der Waals surface area contributed by atoms with Crippen LogP contribution in [0.15, 0.2) is 42.5 Å². The molecule has 0 atom stereocenters. The molecule has 0 spiro atoms. The topological polar surface area (TPSA) is 76.7 Å². The van der Waals surface area contributed by atoms with Crippen LogP contribution in [0.1, 0.15) is 47.4 Å². The van der Waals surface area contributed by atoms with Gasteiger partial charge in [0.1, 0.15) is 0 Å². The monoisotopic (exact) mass is 368 g/mol. The zero-order valence-electron chi connectivity index (χ0n) is 15.7. The number of carbonyl (C=O) groups excluding carboxylic acids is 2. The van der Waals surface area contributed by atoms with E-state index in [0.717, 1.165) is 12.8 Å². The maximum Gasteiger partial charge on any atom is 0.255 e. The number of rotatable bonds is 7. The lowest BCUT2D eigenvalue weighted by Gasteiger charge is -2.15. The third-order valence-corrected chi connectivity index (χ3v) is 4.12. The Balaban J connectivity index is 1.78. The van der Waals surface area contributed by atoms with Gasteiger partial charge >= 0.3 is 0 Å². The third kappa shape index (κ3) is 4.78. The summed E-state index contributed by atoms with van der Waals surface area (Å²) in [5.41, 5.74) is 1.34. The van der Waals surface area contributed by atoms with Gasteiger partial charge < -0.3 is 20.1 Å². The fraction of sp³-hybridized carbons (Fsp3) is 0.333. The van der Waals surface area contributed by atoms with Gasteiger partial charge in [0.05, 0.1) is 24.5 Å². The highest BCUT2D eigenvalue weighted by Gasteiger charge is 2.25. The number of para-hydroxylation sites is 1. The normalized spacial score (nSPS) is 13.2. The molecular formula is C21H24N2O4. The van der Waals surface area contributed by atoms with Crippen molar-refractivity contribution in [3.8, 4) is 11.5 Å². The second-order valence-corrected chi connectivity index (χ2v) is 6.78. The van der Waals surface area contributed by atoms with Gasteiger partial charge in [-0.2, -0.15) is 0 Å². The number of carbonyl (C=O) groups is 2. The SMILES string of the molecule is COc1cc(C(=O)Nc2ccccc2C(=O)NC2CC2)ccc1OC(C)C. The molecule has 1 fully saturated rings. The van der Waals surface area contributed by atoms with E-state index in [1.807, 2.05) is 13.8 Å². The van der Waals surface area contributed by atoms with E-state index >= 15 is 0 Å². The van der Waals surface area contributed by atoms with Gasteiger partial charge in [0.25, 0.3) is 11.8 Å². The Hall–Kier alpha value is -3.02. The first-order valence-electron chi connectivity index (χ1n) is 9.04. The number of hydrogen-bond donors (Lipinski definition) is 2. The van der Waals surface area contributed by atoms with Gasteiger partial charge in [-0.1, -0.05) is 12.1 Å². The van der Waals surface area contributed by atoms with Gasteiger partial charge in [-0.25, -0.2) is 0 Å². The Morgan fingerprint density at radius 2 is 1.78 bits per heavy atom. The van der Waals surface area contributed by atoms with Crippen LogP contribution in [0.5, 0.6) is 11.5 Å². The van der Waals surface area contributed by atoms with Gasteiger partial charge in [-0.05, 0) is 57.0 Å². The molecule has 2 aromatic carbocycles. The molecule has 0 aliphatic heterocycles. The predicted molar refractivity (Wildman–Crippen MR) is 104 cm³/mol. The standard InChI is InChI=1S/C21H24N2O4/c1-13(2)27-18-11-8-14(12-19(18)26-3)20(24)23-17-7-5-4-6-16(17)21(25)22-15-9-10-15/h4-8,11-13,15H,9-10H2,1-3H3,(H,22,25)(H,23,24). The highest BCUT2D eigenvalue weighted by molar-refractivity contribution is 6.09. The van der Waals surface area contributed by atoms with Crippen molar-refractivity contribution in [1.82, 2.24) is 5.32 Å². The molecule has 1 aliphatic rings. The van der Waals surface area contributed by atoms with Crippen LogP contribution < -0.4 is 20.1 Å². The number of nitrogens with one attached hydrogen (secondary N) is 2. The van der Waals surface area contributed by atoms with Gasteiger partial charge in [0, 0.05) is 11.6 Å². The van der Waals surface area contributed by atoms with Crippen molar-refractivity contribution in [2.75, 3.05) is 12.4 Å². The number of amides is 2. The van der Waals surface area contributed by atoms with Crippen molar-refractivity contribution in [3.63, 3.8) is 0 Å². The summed E-state index contributed by atoms with van der Waals surface area (Å²) in [5, 5.41) is 5.76. The lowest BCUT2D eigenvalue weighted by molar-refractivity contribution is 0.0952. The van der Waals surface area contributed by atoms with Crippen molar-refractivity contribution < 1.29 is 19.1 Å². The molecule has 1 aliphatic carbocycles. The third-order valence-electron chi connectivity index (χ3n) is 4.12. The molecule has 6 nitrogen and oxygen atoms in total. The number of methoxy groups -OCH3 is 1. The average molecular weight is 368 g/mol. The molecule has 27 heavy (non-hydrogen) atoms. The van der Waals surface area contributed by atoms with E-state index in [0.29, 0.717) is 28.3 Å². The summed E-state index contributed by atoms with van der Waals surface area (Å²) in [6, 6.07) is 12.2. The maximum absolute atomic E-state index is 12.7. The molecule has 1 saturated carbocycles. The van der Waals surface area contributed by atoms with Crippen LogP contribution in [0.25, 0.3) is 0 Å². The van der Waals surface area contributed by atoms with E-state index in [9.17, 15) is 9.59 Å². The second-order valence-electron chi connectivity index (χ2n) is 6.78. The van der Waals surface area contributed by atoms with E-state index in [4.69, 9.17) is 9.47 Å². The van der Waals surface area contributed by atoms with Gasteiger partial charge in [0.15, 0.2) is 11.5 Å². The van der Waals surface area contributed by atoms with Crippen molar-refractivity contribution in [2.45, 2.75) is 38.8 Å². The Labute approximate surface area is 158 Å². The summed E-state index contributed by atoms with van der Waals surface area (Å²) >= 11 is 0. The summed E-state index contributed by atoms with van der Waals surface area (Å²) in [5.74, 6) is 0.562. The number of hydrogen-bond acceptors (Lipinski definition) is 4. The van der Waals surface area contributed by atoms with Crippen LogP contribution in [0, 0.1) is 0 Å². The molecule has 0 radical (unpaired) electrons. The zero-order chi connectivity index (χ0) is 19.4. The smallest absolute Gasteiger partial charge is 0.255 e. The number of ether oxygens (including phenoxy) is 2. The minimum absolute atomic E-state index is 0.00423. The molecule has 2 N–H and O–H groups in total. The van der Waals surface area contributed by atoms with Crippen molar-refractivity contribution in [3.05, 3.63) is 53.6 Å². The highest BCUT2D eigenvalue weighted by atomic mass is 16.5. The Kier molecular flexibility index (Phi) is 5.64. The average Bonchev–Trinajstić information content (AvgIpc) is 3.45. The van der Waals surface area contributed by atoms with E-state index < -0.39 is 0 Å². The zero-order valence-corrected chi connectivity index (χ0v) is 15.7. The molecular weight excluding hydrogens is 344 g/mol. The summed E-state index contributed by atoms with van der Waals surface area (Å²) < 4.78 is 11.0. The molecule has 0 bridgehead atoms. The van der Waals surface area contributed by atoms with E-state index in [2.05, 4.69) is 10.6 Å². The fourth-order valence-corrected chi connectivity index (χ4v) is 2.64. The van der Waals surface area contributed by atoms with Gasteiger partial charge in [-0.15, -0.1) is 0 Å². The molecule has 0 unspecified atom stereocenters. The van der Waals surface area contributed by atoms with Crippen molar-refractivity contribution in [2.24, 2.45) is 0 Å². The molecule has 0 heterocycles. The van der Waals surface area contributed by atoms with Crippen LogP contribution >= 0.6 is 0 Å². The first-order valence-corrected chi connectivity index (χ1v) is 9.04. The largest absolute Gasteiger partial charge is 0.493 e. The molecule has 3 rings (SSSR count).